The number of nitrogens with zero attached hydrogens (tertiary/aromatic N) is 4. The van der Waals surface area contributed by atoms with Gasteiger partial charge in [0, 0.05) is 29.0 Å². The predicted molar refractivity (Wildman–Crippen MR) is 109 cm³/mol. The summed E-state index contributed by atoms with van der Waals surface area (Å²) < 4.78 is 60.3. The minimum atomic E-state index is -4.11. The quantitative estimate of drug-likeness (QED) is 0.334. The number of rotatable bonds is 7. The third kappa shape index (κ3) is 4.12. The highest BCUT2D eigenvalue weighted by molar-refractivity contribution is 5.76. The van der Waals surface area contributed by atoms with Gasteiger partial charge in [-0.3, -0.25) is 9.78 Å². The van der Waals surface area contributed by atoms with E-state index in [1.807, 2.05) is 0 Å². The minimum Gasteiger partial charge on any atom is -0.377 e. The SMILES string of the molecule is O=Cc1ccc(-c2ccc(C(F)(F)C(O)(Cn3cncn3)c3ccc(F)cc3F)nc2)cc1. The van der Waals surface area contributed by atoms with E-state index in [0.29, 0.717) is 29.0 Å². The van der Waals surface area contributed by atoms with E-state index in [4.69, 9.17) is 0 Å². The fourth-order valence-electron chi connectivity index (χ4n) is 3.44. The number of carbonyl (C=O) groups is 1. The summed E-state index contributed by atoms with van der Waals surface area (Å²) in [6.07, 6.45) is 4.01. The van der Waals surface area contributed by atoms with Gasteiger partial charge in [-0.05, 0) is 23.8 Å². The molecule has 10 heteroatoms. The maximum absolute atomic E-state index is 15.7. The lowest BCUT2D eigenvalue weighted by Gasteiger charge is -2.36. The van der Waals surface area contributed by atoms with E-state index in [2.05, 4.69) is 15.1 Å². The van der Waals surface area contributed by atoms with Crippen molar-refractivity contribution in [2.24, 2.45) is 0 Å². The fourth-order valence-corrected chi connectivity index (χ4v) is 3.44. The summed E-state index contributed by atoms with van der Waals surface area (Å²) >= 11 is 0. The van der Waals surface area contributed by atoms with Gasteiger partial charge in [0.15, 0.2) is 5.60 Å². The second-order valence-corrected chi connectivity index (χ2v) is 7.32. The van der Waals surface area contributed by atoms with Crippen molar-refractivity contribution >= 4 is 6.29 Å². The average molecular weight is 456 g/mol. The van der Waals surface area contributed by atoms with E-state index in [1.54, 1.807) is 24.3 Å². The summed E-state index contributed by atoms with van der Waals surface area (Å²) in [6, 6.07) is 10.7. The summed E-state index contributed by atoms with van der Waals surface area (Å²) in [6.45, 7) is -0.876. The molecule has 2 aromatic carbocycles. The Morgan fingerprint density at radius 2 is 1.73 bits per heavy atom. The van der Waals surface area contributed by atoms with Crippen LogP contribution in [0.25, 0.3) is 11.1 Å². The monoisotopic (exact) mass is 456 g/mol. The van der Waals surface area contributed by atoms with Gasteiger partial charge in [0.25, 0.3) is 0 Å². The van der Waals surface area contributed by atoms with Crippen molar-refractivity contribution in [1.82, 2.24) is 19.7 Å². The van der Waals surface area contributed by atoms with Crippen molar-refractivity contribution < 1.29 is 27.5 Å². The molecule has 4 rings (SSSR count). The van der Waals surface area contributed by atoms with Crippen LogP contribution in [0.1, 0.15) is 21.6 Å². The van der Waals surface area contributed by atoms with E-state index in [0.717, 1.165) is 35.5 Å². The lowest BCUT2D eigenvalue weighted by atomic mass is 9.84. The van der Waals surface area contributed by atoms with Crippen molar-refractivity contribution in [3.05, 3.63) is 102 Å². The summed E-state index contributed by atoms with van der Waals surface area (Å²) in [5, 5.41) is 14.9. The van der Waals surface area contributed by atoms with Gasteiger partial charge in [0.05, 0.1) is 6.54 Å². The first-order valence-electron chi connectivity index (χ1n) is 9.65. The van der Waals surface area contributed by atoms with Crippen molar-refractivity contribution in [2.45, 2.75) is 18.1 Å². The first kappa shape index (κ1) is 22.3. The van der Waals surface area contributed by atoms with Crippen LogP contribution >= 0.6 is 0 Å². The lowest BCUT2D eigenvalue weighted by molar-refractivity contribution is -0.207. The Morgan fingerprint density at radius 3 is 2.30 bits per heavy atom. The molecule has 0 amide bonds. The number of hydrogen-bond acceptors (Lipinski definition) is 5. The average Bonchev–Trinajstić information content (AvgIpc) is 3.32. The molecule has 1 unspecified atom stereocenters. The molecular formula is C23H16F4N4O2. The van der Waals surface area contributed by atoms with Gasteiger partial charge >= 0.3 is 5.92 Å². The van der Waals surface area contributed by atoms with Crippen LogP contribution in [0.3, 0.4) is 0 Å². The largest absolute Gasteiger partial charge is 0.377 e. The van der Waals surface area contributed by atoms with Gasteiger partial charge in [0.2, 0.25) is 0 Å². The predicted octanol–water partition coefficient (Wildman–Crippen LogP) is 4.11. The molecule has 0 aliphatic carbocycles. The number of hydrogen-bond donors (Lipinski definition) is 1. The second-order valence-electron chi connectivity index (χ2n) is 7.32. The van der Waals surface area contributed by atoms with Crippen LogP contribution in [-0.4, -0.2) is 31.1 Å². The van der Waals surface area contributed by atoms with Gasteiger partial charge in [0.1, 0.15) is 36.3 Å². The van der Waals surface area contributed by atoms with E-state index in [-0.39, 0.29) is 0 Å². The van der Waals surface area contributed by atoms with Crippen molar-refractivity contribution in [3.8, 4) is 11.1 Å². The molecule has 0 saturated carbocycles. The third-order valence-corrected chi connectivity index (χ3v) is 5.22. The molecule has 0 aliphatic rings. The molecule has 2 heterocycles. The van der Waals surface area contributed by atoms with E-state index in [1.165, 1.54) is 12.3 Å². The molecule has 0 spiro atoms. The molecule has 0 radical (unpaired) electrons. The highest BCUT2D eigenvalue weighted by atomic mass is 19.3. The zero-order valence-corrected chi connectivity index (χ0v) is 16.9. The Kier molecular flexibility index (Phi) is 5.77. The van der Waals surface area contributed by atoms with Crippen LogP contribution in [-0.2, 0) is 18.1 Å². The number of aromatic nitrogens is 4. The maximum atomic E-state index is 15.7. The molecule has 2 aromatic heterocycles. The topological polar surface area (TPSA) is 80.9 Å². The highest BCUT2D eigenvalue weighted by Crippen LogP contribution is 2.46. The summed E-state index contributed by atoms with van der Waals surface area (Å²) in [4.78, 5) is 18.3. The molecular weight excluding hydrogens is 440 g/mol. The molecule has 33 heavy (non-hydrogen) atoms. The van der Waals surface area contributed by atoms with Gasteiger partial charge < -0.3 is 5.11 Å². The molecule has 0 aliphatic heterocycles. The smallest absolute Gasteiger partial charge is 0.323 e. The number of pyridine rings is 1. The molecule has 1 atom stereocenters. The van der Waals surface area contributed by atoms with Crippen LogP contribution < -0.4 is 0 Å². The number of aliphatic hydroxyl groups is 1. The molecule has 6 nitrogen and oxygen atoms in total. The lowest BCUT2D eigenvalue weighted by Crippen LogP contribution is -2.48. The zero-order valence-electron chi connectivity index (χ0n) is 16.9. The fraction of sp³-hybridized carbons (Fsp3) is 0.130. The Hall–Kier alpha value is -3.92. The molecule has 1 N–H and O–H groups in total. The van der Waals surface area contributed by atoms with E-state index >= 15 is 8.78 Å². The maximum Gasteiger partial charge on any atom is 0.323 e. The summed E-state index contributed by atoms with van der Waals surface area (Å²) in [5.41, 5.74) is -3.25. The number of carbonyl (C=O) groups excluding carboxylic acids is 1. The van der Waals surface area contributed by atoms with Crippen LogP contribution in [0, 0.1) is 11.6 Å². The van der Waals surface area contributed by atoms with E-state index < -0.39 is 41.0 Å². The third-order valence-electron chi connectivity index (χ3n) is 5.22. The second kappa shape index (κ2) is 8.55. The number of halogens is 4. The Morgan fingerprint density at radius 1 is 1.00 bits per heavy atom. The molecule has 168 valence electrons. The normalized spacial score (nSPS) is 13.5. The Labute approximate surface area is 185 Å². The van der Waals surface area contributed by atoms with E-state index in [9.17, 15) is 18.7 Å². The van der Waals surface area contributed by atoms with Gasteiger partial charge in [-0.1, -0.05) is 30.3 Å². The van der Waals surface area contributed by atoms with Crippen molar-refractivity contribution in [3.63, 3.8) is 0 Å². The van der Waals surface area contributed by atoms with Crippen molar-refractivity contribution in [2.75, 3.05) is 0 Å². The number of alkyl halides is 2. The van der Waals surface area contributed by atoms with Crippen LogP contribution in [0.2, 0.25) is 0 Å². The first-order chi connectivity index (χ1) is 15.7. The van der Waals surface area contributed by atoms with Crippen LogP contribution in [0.15, 0.2) is 73.4 Å². The molecule has 4 aromatic rings. The number of benzene rings is 2. The summed E-state index contributed by atoms with van der Waals surface area (Å²) in [5.74, 6) is -6.44. The standard InChI is InChI=1S/C23H16F4N4O2/c24-18-6-7-19(20(25)9-18)22(33,12-31-14-28-13-30-31)23(26,27)21-8-5-17(10-29-21)16-3-1-15(11-32)2-4-16/h1-11,13-14,33H,12H2. The first-order valence-corrected chi connectivity index (χ1v) is 9.65. The summed E-state index contributed by atoms with van der Waals surface area (Å²) in [7, 11) is 0. The van der Waals surface area contributed by atoms with Crippen LogP contribution in [0.4, 0.5) is 17.6 Å². The molecule has 0 saturated heterocycles. The number of aldehydes is 1. The minimum absolute atomic E-state index is 0.414. The Balaban J connectivity index is 1.76. The van der Waals surface area contributed by atoms with Crippen molar-refractivity contribution in [1.29, 1.82) is 0 Å². The van der Waals surface area contributed by atoms with Gasteiger partial charge in [-0.25, -0.2) is 18.4 Å². The zero-order chi connectivity index (χ0) is 23.6. The Bertz CT molecular complexity index is 1260. The van der Waals surface area contributed by atoms with Gasteiger partial charge in [-0.15, -0.1) is 0 Å². The highest BCUT2D eigenvalue weighted by Gasteiger charge is 2.57. The molecule has 0 bridgehead atoms. The molecule has 0 fully saturated rings. The van der Waals surface area contributed by atoms with Gasteiger partial charge in [-0.2, -0.15) is 13.9 Å². The van der Waals surface area contributed by atoms with Crippen LogP contribution in [0.5, 0.6) is 0 Å².